The van der Waals surface area contributed by atoms with Gasteiger partial charge in [0, 0.05) is 5.56 Å². The average molecular weight is 312 g/mol. The van der Waals surface area contributed by atoms with E-state index in [2.05, 4.69) is 10.9 Å². The zero-order valence-electron chi connectivity index (χ0n) is 13.4. The SMILES string of the molecule is Cc1ccccc1OC(C)C(=O)NNC(=O)c1ccccc1C. The quantitative estimate of drug-likeness (QED) is 0.853. The molecule has 1 unspecified atom stereocenters. The Kier molecular flexibility index (Phi) is 5.36. The van der Waals surface area contributed by atoms with Gasteiger partial charge >= 0.3 is 0 Å². The molecule has 2 rings (SSSR count). The normalized spacial score (nSPS) is 11.4. The molecule has 23 heavy (non-hydrogen) atoms. The van der Waals surface area contributed by atoms with Crippen LogP contribution < -0.4 is 15.6 Å². The van der Waals surface area contributed by atoms with E-state index in [0.717, 1.165) is 11.1 Å². The number of rotatable bonds is 4. The van der Waals surface area contributed by atoms with Crippen molar-refractivity contribution in [3.63, 3.8) is 0 Å². The fraction of sp³-hybridized carbons (Fsp3) is 0.222. The standard InChI is InChI=1S/C18H20N2O3/c1-12-8-4-6-10-15(12)18(22)20-19-17(21)14(3)23-16-11-7-5-9-13(16)2/h4-11,14H,1-3H3,(H,19,21)(H,20,22). The van der Waals surface area contributed by atoms with Crippen molar-refractivity contribution in [2.24, 2.45) is 0 Å². The summed E-state index contributed by atoms with van der Waals surface area (Å²) in [7, 11) is 0. The topological polar surface area (TPSA) is 67.4 Å². The van der Waals surface area contributed by atoms with Crippen LogP contribution in [0.15, 0.2) is 48.5 Å². The van der Waals surface area contributed by atoms with Gasteiger partial charge in [-0.1, -0.05) is 36.4 Å². The molecule has 2 N–H and O–H groups in total. The first-order valence-electron chi connectivity index (χ1n) is 7.37. The van der Waals surface area contributed by atoms with Gasteiger partial charge in [-0.15, -0.1) is 0 Å². The Morgan fingerprint density at radius 3 is 2.17 bits per heavy atom. The van der Waals surface area contributed by atoms with Crippen molar-refractivity contribution >= 4 is 11.8 Å². The summed E-state index contributed by atoms with van der Waals surface area (Å²) in [6.07, 6.45) is -0.728. The third kappa shape index (κ3) is 4.32. The Morgan fingerprint density at radius 2 is 1.52 bits per heavy atom. The summed E-state index contributed by atoms with van der Waals surface area (Å²) >= 11 is 0. The molecular weight excluding hydrogens is 292 g/mol. The summed E-state index contributed by atoms with van der Waals surface area (Å²) in [4.78, 5) is 24.1. The van der Waals surface area contributed by atoms with Gasteiger partial charge in [0.25, 0.3) is 11.8 Å². The lowest BCUT2D eigenvalue weighted by molar-refractivity contribution is -0.128. The molecule has 0 aliphatic rings. The molecule has 0 aromatic heterocycles. The largest absolute Gasteiger partial charge is 0.481 e. The van der Waals surface area contributed by atoms with E-state index >= 15 is 0 Å². The maximum Gasteiger partial charge on any atom is 0.279 e. The molecule has 0 bridgehead atoms. The maximum atomic E-state index is 12.0. The predicted octanol–water partition coefficient (Wildman–Crippen LogP) is 2.53. The second kappa shape index (κ2) is 7.45. The number of carbonyl (C=O) groups is 2. The van der Waals surface area contributed by atoms with Gasteiger partial charge in [-0.3, -0.25) is 20.4 Å². The Bertz CT molecular complexity index is 713. The van der Waals surface area contributed by atoms with E-state index in [4.69, 9.17) is 4.74 Å². The van der Waals surface area contributed by atoms with E-state index in [1.165, 1.54) is 0 Å². The van der Waals surface area contributed by atoms with Crippen molar-refractivity contribution < 1.29 is 14.3 Å². The third-order valence-corrected chi connectivity index (χ3v) is 3.46. The molecule has 0 spiro atoms. The fourth-order valence-corrected chi connectivity index (χ4v) is 2.05. The van der Waals surface area contributed by atoms with Gasteiger partial charge in [0.05, 0.1) is 0 Å². The van der Waals surface area contributed by atoms with Crippen LogP contribution in [0.3, 0.4) is 0 Å². The van der Waals surface area contributed by atoms with Gasteiger partial charge in [0.2, 0.25) is 0 Å². The minimum absolute atomic E-state index is 0.362. The monoisotopic (exact) mass is 312 g/mol. The van der Waals surface area contributed by atoms with Crippen LogP contribution in [0.25, 0.3) is 0 Å². The van der Waals surface area contributed by atoms with Crippen LogP contribution in [-0.2, 0) is 4.79 Å². The molecule has 1 atom stereocenters. The Hall–Kier alpha value is -2.82. The van der Waals surface area contributed by atoms with Crippen LogP contribution in [0.1, 0.15) is 28.4 Å². The molecule has 0 aliphatic heterocycles. The van der Waals surface area contributed by atoms with Gasteiger partial charge in [0.1, 0.15) is 5.75 Å². The minimum atomic E-state index is -0.728. The van der Waals surface area contributed by atoms with Gasteiger partial charge in [-0.2, -0.15) is 0 Å². The van der Waals surface area contributed by atoms with Crippen LogP contribution >= 0.6 is 0 Å². The van der Waals surface area contributed by atoms with E-state index in [9.17, 15) is 9.59 Å². The van der Waals surface area contributed by atoms with Crippen LogP contribution in [0.2, 0.25) is 0 Å². The van der Waals surface area contributed by atoms with Crippen molar-refractivity contribution in [3.8, 4) is 5.75 Å². The highest BCUT2D eigenvalue weighted by Gasteiger charge is 2.17. The maximum absolute atomic E-state index is 12.0. The van der Waals surface area contributed by atoms with Crippen LogP contribution in [0.5, 0.6) is 5.75 Å². The Labute approximate surface area is 135 Å². The van der Waals surface area contributed by atoms with E-state index in [1.807, 2.05) is 44.2 Å². The molecule has 0 saturated carbocycles. The van der Waals surface area contributed by atoms with E-state index in [1.54, 1.807) is 25.1 Å². The van der Waals surface area contributed by atoms with E-state index in [-0.39, 0.29) is 5.91 Å². The summed E-state index contributed by atoms with van der Waals surface area (Å²) in [6, 6.07) is 14.6. The summed E-state index contributed by atoms with van der Waals surface area (Å²) in [5, 5.41) is 0. The Morgan fingerprint density at radius 1 is 0.913 bits per heavy atom. The number of nitrogens with one attached hydrogen (secondary N) is 2. The molecule has 0 fully saturated rings. The lowest BCUT2D eigenvalue weighted by Crippen LogP contribution is -2.47. The summed E-state index contributed by atoms with van der Waals surface area (Å²) < 4.78 is 5.61. The number of para-hydroxylation sites is 1. The summed E-state index contributed by atoms with van der Waals surface area (Å²) in [6.45, 7) is 5.36. The number of carbonyl (C=O) groups excluding carboxylic acids is 2. The van der Waals surface area contributed by atoms with Crippen LogP contribution in [0.4, 0.5) is 0 Å². The molecule has 0 heterocycles. The molecule has 120 valence electrons. The van der Waals surface area contributed by atoms with Crippen molar-refractivity contribution in [3.05, 3.63) is 65.2 Å². The predicted molar refractivity (Wildman–Crippen MR) is 88.1 cm³/mol. The highest BCUT2D eigenvalue weighted by atomic mass is 16.5. The number of aryl methyl sites for hydroxylation is 2. The van der Waals surface area contributed by atoms with Crippen molar-refractivity contribution in [2.75, 3.05) is 0 Å². The van der Waals surface area contributed by atoms with Crippen molar-refractivity contribution in [2.45, 2.75) is 26.9 Å². The highest BCUT2D eigenvalue weighted by molar-refractivity contribution is 5.96. The first-order chi connectivity index (χ1) is 11.0. The molecule has 5 heteroatoms. The highest BCUT2D eigenvalue weighted by Crippen LogP contribution is 2.17. The van der Waals surface area contributed by atoms with Crippen molar-refractivity contribution in [1.82, 2.24) is 10.9 Å². The van der Waals surface area contributed by atoms with Gasteiger partial charge in [0.15, 0.2) is 6.10 Å². The van der Waals surface area contributed by atoms with Crippen LogP contribution in [0, 0.1) is 13.8 Å². The first-order valence-corrected chi connectivity index (χ1v) is 7.37. The molecule has 0 radical (unpaired) electrons. The minimum Gasteiger partial charge on any atom is -0.481 e. The summed E-state index contributed by atoms with van der Waals surface area (Å²) in [5.41, 5.74) is 7.08. The molecule has 0 saturated heterocycles. The molecule has 2 amide bonds. The number of benzene rings is 2. The van der Waals surface area contributed by atoms with Gasteiger partial charge in [-0.25, -0.2) is 0 Å². The zero-order chi connectivity index (χ0) is 16.8. The van der Waals surface area contributed by atoms with Gasteiger partial charge in [-0.05, 0) is 44.0 Å². The molecular formula is C18H20N2O3. The van der Waals surface area contributed by atoms with E-state index in [0.29, 0.717) is 11.3 Å². The molecule has 5 nitrogen and oxygen atoms in total. The smallest absolute Gasteiger partial charge is 0.279 e. The molecule has 2 aromatic rings. The summed E-state index contributed by atoms with van der Waals surface area (Å²) in [5.74, 6) is -0.143. The number of hydrazine groups is 1. The second-order valence-electron chi connectivity index (χ2n) is 5.28. The lowest BCUT2D eigenvalue weighted by atomic mass is 10.1. The third-order valence-electron chi connectivity index (χ3n) is 3.46. The number of ether oxygens (including phenoxy) is 1. The lowest BCUT2D eigenvalue weighted by Gasteiger charge is -2.16. The van der Waals surface area contributed by atoms with Gasteiger partial charge < -0.3 is 4.74 Å². The number of hydrogen-bond acceptors (Lipinski definition) is 3. The number of amides is 2. The van der Waals surface area contributed by atoms with E-state index < -0.39 is 12.0 Å². The van der Waals surface area contributed by atoms with Crippen LogP contribution in [-0.4, -0.2) is 17.9 Å². The first kappa shape index (κ1) is 16.5. The Balaban J connectivity index is 1.91. The van der Waals surface area contributed by atoms with Crippen molar-refractivity contribution in [1.29, 1.82) is 0 Å². The average Bonchev–Trinajstić information content (AvgIpc) is 2.54. The zero-order valence-corrected chi connectivity index (χ0v) is 13.4. The molecule has 0 aliphatic carbocycles. The number of hydrogen-bond donors (Lipinski definition) is 2. The molecule has 2 aromatic carbocycles. The fourth-order valence-electron chi connectivity index (χ4n) is 2.05. The second-order valence-corrected chi connectivity index (χ2v) is 5.28.